The number of nitrogen functional groups attached to an aromatic ring is 2. The van der Waals surface area contributed by atoms with Crippen molar-refractivity contribution in [3.05, 3.63) is 82.6 Å². The quantitative estimate of drug-likeness (QED) is 0.0369. The number of aryl methyl sites for hydroxylation is 3. The van der Waals surface area contributed by atoms with Gasteiger partial charge in [0.2, 0.25) is 0 Å². The minimum Gasteiger partial charge on any atom is -0.744 e. The maximum Gasteiger partial charge on any atom is 1.00 e. The van der Waals surface area contributed by atoms with Crippen LogP contribution in [-0.4, -0.2) is 37.0 Å². The Morgan fingerprint density at radius 3 is 1.96 bits per heavy atom. The van der Waals surface area contributed by atoms with Gasteiger partial charge < -0.3 is 27.2 Å². The van der Waals surface area contributed by atoms with Gasteiger partial charge in [-0.2, -0.15) is 17.3 Å². The first kappa shape index (κ1) is 40.8. The molecule has 0 spiro atoms. The number of nitrogens with zero attached hydrogens (tertiary/aromatic N) is 3. The van der Waals surface area contributed by atoms with E-state index in [1.807, 2.05) is 44.2 Å². The Morgan fingerprint density at radius 1 is 0.848 bits per heavy atom. The zero-order chi connectivity index (χ0) is 32.9. The third-order valence-electron chi connectivity index (χ3n) is 6.45. The smallest absolute Gasteiger partial charge is 0.744 e. The second-order valence-corrected chi connectivity index (χ2v) is 11.3. The first-order valence-electron chi connectivity index (χ1n) is 12.5. The van der Waals surface area contributed by atoms with Gasteiger partial charge in [-0.1, -0.05) is 24.8 Å². The number of hydrogen-bond donors (Lipinski definition) is 5. The van der Waals surface area contributed by atoms with Crippen molar-refractivity contribution >= 4 is 60.6 Å². The molecule has 0 aliphatic heterocycles. The third-order valence-corrected chi connectivity index (χ3v) is 7.33. The molecule has 3 aromatic rings. The van der Waals surface area contributed by atoms with Crippen LogP contribution >= 0.6 is 0 Å². The van der Waals surface area contributed by atoms with Gasteiger partial charge in [-0.25, -0.2) is 13.5 Å². The molecule has 0 saturated carbocycles. The van der Waals surface area contributed by atoms with Crippen molar-refractivity contribution in [2.24, 2.45) is 21.1 Å². The molecule has 0 aromatic heterocycles. The second-order valence-electron chi connectivity index (χ2n) is 9.59. The van der Waals surface area contributed by atoms with Crippen LogP contribution < -0.4 is 81.7 Å². The maximum atomic E-state index is 11.6. The standard InChI is InChI=1S/C28H29N8O3S.2Na.O3S/c1-14-5-8-20(29)27(24(14)30)35-33-21-9-6-18(11-15(21)2)19-7-10-22(16(3)12-19)34-36-28-25(31)17(4)13-23(26(28)32)40(37,38)39;;;1-4(2)3/h5-7,9-13,30,33H,29,31-32H2,1-4H3,(H,37,38,39);;;/q-1;2*+1;/p-1. The van der Waals surface area contributed by atoms with Crippen LogP contribution in [0, 0.1) is 32.3 Å². The molecule has 0 saturated heterocycles. The van der Waals surface area contributed by atoms with E-state index in [1.165, 1.54) is 0 Å². The van der Waals surface area contributed by atoms with Gasteiger partial charge in [0, 0.05) is 5.71 Å². The molecule has 0 radical (unpaired) electrons. The Hall–Kier alpha value is -3.19. The fraction of sp³-hybridized carbons (Fsp3) is 0.143. The number of allylic oxidation sites excluding steroid dienone is 4. The minimum atomic E-state index is -4.81. The Balaban J connectivity index is 0.00000166. The first-order valence-corrected chi connectivity index (χ1v) is 15.0. The van der Waals surface area contributed by atoms with Crippen LogP contribution in [0.3, 0.4) is 0 Å². The molecule has 0 amide bonds. The van der Waals surface area contributed by atoms with Crippen LogP contribution in [-0.2, 0) is 20.7 Å². The van der Waals surface area contributed by atoms with Crippen molar-refractivity contribution in [2.75, 3.05) is 16.9 Å². The van der Waals surface area contributed by atoms with Gasteiger partial charge in [0.05, 0.1) is 27.6 Å². The van der Waals surface area contributed by atoms with Gasteiger partial charge in [-0.15, -0.1) is 23.3 Å². The van der Waals surface area contributed by atoms with Gasteiger partial charge in [-0.05, 0) is 84.6 Å². The molecule has 0 bridgehead atoms. The van der Waals surface area contributed by atoms with Crippen molar-refractivity contribution in [1.29, 1.82) is 5.41 Å². The fourth-order valence-electron chi connectivity index (χ4n) is 4.02. The summed E-state index contributed by atoms with van der Waals surface area (Å²) < 4.78 is 60.1. The summed E-state index contributed by atoms with van der Waals surface area (Å²) >= 11 is 0. The van der Waals surface area contributed by atoms with Crippen molar-refractivity contribution in [2.45, 2.75) is 32.6 Å². The molecule has 230 valence electrons. The number of anilines is 3. The predicted molar refractivity (Wildman–Crippen MR) is 167 cm³/mol. The average Bonchev–Trinajstić information content (AvgIpc) is 2.93. The minimum absolute atomic E-state index is 0. The third kappa shape index (κ3) is 10.2. The van der Waals surface area contributed by atoms with Crippen molar-refractivity contribution in [3.8, 4) is 11.1 Å². The summed E-state index contributed by atoms with van der Waals surface area (Å²) in [5.41, 5.74) is 27.5. The molecule has 0 atom stereocenters. The molecule has 1 aliphatic carbocycles. The van der Waals surface area contributed by atoms with E-state index < -0.39 is 25.6 Å². The normalized spacial score (nSPS) is 13.5. The zero-order valence-electron chi connectivity index (χ0n) is 26.0. The number of rotatable bonds is 6. The van der Waals surface area contributed by atoms with E-state index in [-0.39, 0.29) is 81.9 Å². The van der Waals surface area contributed by atoms with E-state index in [1.54, 1.807) is 26.0 Å². The van der Waals surface area contributed by atoms with Gasteiger partial charge in [0.25, 0.3) is 0 Å². The van der Waals surface area contributed by atoms with Crippen LogP contribution in [0.4, 0.5) is 28.4 Å². The van der Waals surface area contributed by atoms with E-state index >= 15 is 0 Å². The molecular formula is C28H28N8Na2O6S2. The number of azo groups is 1. The average molecular weight is 683 g/mol. The van der Waals surface area contributed by atoms with Crippen LogP contribution in [0.2, 0.25) is 0 Å². The Bertz CT molecular complexity index is 2020. The Labute approximate surface area is 312 Å². The second kappa shape index (κ2) is 17.1. The molecule has 0 fully saturated rings. The summed E-state index contributed by atoms with van der Waals surface area (Å²) in [5.74, 6) is 0. The largest absolute Gasteiger partial charge is 1.00 e. The summed E-state index contributed by atoms with van der Waals surface area (Å²) in [7, 11) is -7.92. The number of benzene rings is 3. The Kier molecular flexibility index (Phi) is 15.2. The van der Waals surface area contributed by atoms with Crippen molar-refractivity contribution < 1.29 is 84.7 Å². The first-order chi connectivity index (χ1) is 20.5. The van der Waals surface area contributed by atoms with Gasteiger partial charge in [0.15, 0.2) is 0 Å². The molecule has 3 aromatic carbocycles. The van der Waals surface area contributed by atoms with E-state index in [2.05, 4.69) is 26.8 Å². The summed E-state index contributed by atoms with van der Waals surface area (Å²) in [6.07, 6.45) is 4.56. The van der Waals surface area contributed by atoms with Crippen molar-refractivity contribution in [3.63, 3.8) is 0 Å². The van der Waals surface area contributed by atoms with E-state index in [4.69, 9.17) is 35.2 Å². The van der Waals surface area contributed by atoms with Crippen LogP contribution in [0.1, 0.15) is 23.6 Å². The monoisotopic (exact) mass is 682 g/mol. The van der Waals surface area contributed by atoms with Crippen molar-refractivity contribution in [1.82, 2.24) is 0 Å². The van der Waals surface area contributed by atoms with Gasteiger partial charge in [0.1, 0.15) is 15.8 Å². The SMILES string of the molecule is CC1=C[C-]=C(N)C(=NNc2ccc(-c3ccc(N=Nc4c(N)c(C)cc(S(=O)(=O)[O-])c4N)c(C)c3)cc2C)C1=N.O=S(=O)=O.[Na+].[Na+]. The molecule has 46 heavy (non-hydrogen) atoms. The summed E-state index contributed by atoms with van der Waals surface area (Å²) in [5, 5.41) is 20.8. The molecular weight excluding hydrogens is 654 g/mol. The molecule has 8 N–H and O–H groups in total. The number of nitrogens with one attached hydrogen (secondary N) is 2. The van der Waals surface area contributed by atoms with Crippen LogP contribution in [0.5, 0.6) is 0 Å². The molecule has 1 aliphatic rings. The summed E-state index contributed by atoms with van der Waals surface area (Å²) in [6.45, 7) is 7.16. The molecule has 14 nitrogen and oxygen atoms in total. The fourth-order valence-corrected chi connectivity index (χ4v) is 4.70. The predicted octanol–water partition coefficient (Wildman–Crippen LogP) is -1.84. The maximum absolute atomic E-state index is 11.6. The van der Waals surface area contributed by atoms with E-state index in [0.29, 0.717) is 22.7 Å². The number of hydrogen-bond acceptors (Lipinski definition) is 14. The molecule has 0 heterocycles. The number of nitrogens with two attached hydrogens (primary N) is 3. The number of hydrazone groups is 1. The Morgan fingerprint density at radius 2 is 1.41 bits per heavy atom. The summed E-state index contributed by atoms with van der Waals surface area (Å²) in [4.78, 5) is -0.581. The van der Waals surface area contributed by atoms with Gasteiger partial charge >= 0.3 is 69.7 Å². The van der Waals surface area contributed by atoms with E-state index in [9.17, 15) is 13.0 Å². The van der Waals surface area contributed by atoms with Gasteiger partial charge in [-0.3, -0.25) is 5.43 Å². The molecule has 0 unspecified atom stereocenters. The van der Waals surface area contributed by atoms with Crippen LogP contribution in [0.15, 0.2) is 80.0 Å². The van der Waals surface area contributed by atoms with E-state index in [0.717, 1.165) is 39.6 Å². The van der Waals surface area contributed by atoms with Crippen LogP contribution in [0.25, 0.3) is 11.1 Å². The molecule has 18 heteroatoms. The topological polar surface area (TPSA) is 259 Å². The zero-order valence-corrected chi connectivity index (χ0v) is 31.6. The molecule has 4 rings (SSSR count). The summed E-state index contributed by atoms with van der Waals surface area (Å²) in [6, 6.07) is 12.5.